The summed E-state index contributed by atoms with van der Waals surface area (Å²) in [5.41, 5.74) is 0.342. The second-order valence-corrected chi connectivity index (χ2v) is 4.97. The summed E-state index contributed by atoms with van der Waals surface area (Å²) in [7, 11) is 0. The second-order valence-electron chi connectivity index (χ2n) is 4.56. The van der Waals surface area contributed by atoms with E-state index < -0.39 is 11.9 Å². The molecule has 6 heteroatoms. The van der Waals surface area contributed by atoms with Crippen molar-refractivity contribution in [1.29, 1.82) is 0 Å². The third-order valence-electron chi connectivity index (χ3n) is 3.09. The fourth-order valence-corrected chi connectivity index (χ4v) is 2.31. The summed E-state index contributed by atoms with van der Waals surface area (Å²) in [6.45, 7) is 0. The Labute approximate surface area is 129 Å². The summed E-state index contributed by atoms with van der Waals surface area (Å²) < 4.78 is 40.2. The van der Waals surface area contributed by atoms with Gasteiger partial charge in [0.2, 0.25) is 0 Å². The Morgan fingerprint density at radius 3 is 2.36 bits per heavy atom. The van der Waals surface area contributed by atoms with Gasteiger partial charge in [0.15, 0.2) is 5.69 Å². The number of hydrogen-bond acceptors (Lipinski definition) is 1. The van der Waals surface area contributed by atoms with Gasteiger partial charge in [-0.1, -0.05) is 48.0 Å². The topological polar surface area (TPSA) is 17.8 Å². The van der Waals surface area contributed by atoms with Crippen LogP contribution in [0.4, 0.5) is 13.2 Å². The minimum Gasteiger partial charge on any atom is -0.231 e. The first-order chi connectivity index (χ1) is 10.5. The smallest absolute Gasteiger partial charge is 0.231 e. The van der Waals surface area contributed by atoms with E-state index >= 15 is 0 Å². The lowest BCUT2D eigenvalue weighted by atomic mass is 10.1. The Kier molecular flexibility index (Phi) is 3.66. The van der Waals surface area contributed by atoms with E-state index in [9.17, 15) is 13.2 Å². The van der Waals surface area contributed by atoms with Gasteiger partial charge in [-0.2, -0.15) is 18.3 Å². The van der Waals surface area contributed by atoms with Crippen molar-refractivity contribution in [1.82, 2.24) is 9.78 Å². The largest absolute Gasteiger partial charge is 0.435 e. The van der Waals surface area contributed by atoms with Crippen molar-refractivity contribution in [3.63, 3.8) is 0 Å². The number of aromatic nitrogens is 2. The van der Waals surface area contributed by atoms with Gasteiger partial charge in [-0.05, 0) is 24.3 Å². The van der Waals surface area contributed by atoms with Crippen LogP contribution in [0.1, 0.15) is 5.69 Å². The molecule has 0 unspecified atom stereocenters. The van der Waals surface area contributed by atoms with Crippen LogP contribution < -0.4 is 0 Å². The predicted octanol–water partition coefficient (Wildman–Crippen LogP) is 5.01. The minimum absolute atomic E-state index is 0.314. The molecule has 0 aliphatic carbocycles. The molecule has 0 aliphatic rings. The van der Waals surface area contributed by atoms with E-state index in [1.807, 2.05) is 0 Å². The number of para-hydroxylation sites is 1. The molecule has 0 spiro atoms. The van der Waals surface area contributed by atoms with E-state index in [1.165, 1.54) is 4.68 Å². The first kappa shape index (κ1) is 14.7. The van der Waals surface area contributed by atoms with Gasteiger partial charge in [0.05, 0.1) is 16.4 Å². The normalized spacial score (nSPS) is 11.6. The van der Waals surface area contributed by atoms with Gasteiger partial charge in [-0.3, -0.25) is 0 Å². The van der Waals surface area contributed by atoms with Crippen molar-refractivity contribution in [3.8, 4) is 16.9 Å². The number of halogens is 4. The van der Waals surface area contributed by atoms with Gasteiger partial charge >= 0.3 is 6.18 Å². The molecule has 3 rings (SSSR count). The van der Waals surface area contributed by atoms with Crippen molar-refractivity contribution in [2.45, 2.75) is 6.18 Å². The molecule has 0 saturated carbocycles. The molecular weight excluding hydrogens is 313 g/mol. The van der Waals surface area contributed by atoms with E-state index in [4.69, 9.17) is 11.6 Å². The standard InChI is InChI=1S/C16H9ClF3N2/c17-12-8-4-5-9-13(12)22-14(11-6-2-1-3-7-11)10-15(21-22)16(18,19)20/h2-10H. The Bertz CT molecular complexity index is 795. The SMILES string of the molecule is FC(F)(F)c1cc(-c2cc[c]cc2)n(-c2ccccc2Cl)n1. The monoisotopic (exact) mass is 321 g/mol. The first-order valence-electron chi connectivity index (χ1n) is 6.35. The van der Waals surface area contributed by atoms with Crippen LogP contribution in [-0.2, 0) is 6.18 Å². The summed E-state index contributed by atoms with van der Waals surface area (Å²) in [5, 5.41) is 4.01. The van der Waals surface area contributed by atoms with Crippen LogP contribution in [0.15, 0.2) is 54.6 Å². The molecule has 1 heterocycles. The van der Waals surface area contributed by atoms with Gasteiger partial charge in [0.25, 0.3) is 0 Å². The second kappa shape index (κ2) is 5.50. The fraction of sp³-hybridized carbons (Fsp3) is 0.0625. The molecule has 3 aromatic rings. The molecule has 2 aromatic carbocycles. The number of hydrogen-bond donors (Lipinski definition) is 0. The molecule has 0 aliphatic heterocycles. The number of nitrogens with zero attached hydrogens (tertiary/aromatic N) is 2. The van der Waals surface area contributed by atoms with Gasteiger partial charge in [0, 0.05) is 5.56 Å². The minimum atomic E-state index is -4.53. The van der Waals surface area contributed by atoms with Crippen molar-refractivity contribution >= 4 is 11.6 Å². The zero-order valence-corrected chi connectivity index (χ0v) is 11.9. The van der Waals surface area contributed by atoms with E-state index in [-0.39, 0.29) is 0 Å². The van der Waals surface area contributed by atoms with Crippen LogP contribution >= 0.6 is 11.6 Å². The van der Waals surface area contributed by atoms with E-state index in [1.54, 1.807) is 48.5 Å². The summed E-state index contributed by atoms with van der Waals surface area (Å²) in [6, 6.07) is 17.1. The molecule has 0 N–H and O–H groups in total. The molecule has 111 valence electrons. The fourth-order valence-electron chi connectivity index (χ4n) is 2.09. The van der Waals surface area contributed by atoms with Crippen molar-refractivity contribution < 1.29 is 13.2 Å². The molecular formula is C16H9ClF3N2. The maximum Gasteiger partial charge on any atom is 0.435 e. The maximum absolute atomic E-state index is 13.0. The summed E-state index contributed by atoms with van der Waals surface area (Å²) in [4.78, 5) is 0. The molecule has 0 amide bonds. The van der Waals surface area contributed by atoms with E-state index in [0.29, 0.717) is 22.0 Å². The Morgan fingerprint density at radius 1 is 1.05 bits per heavy atom. The van der Waals surface area contributed by atoms with Crippen LogP contribution in [-0.4, -0.2) is 9.78 Å². The average Bonchev–Trinajstić information content (AvgIpc) is 2.94. The van der Waals surface area contributed by atoms with Crippen molar-refractivity contribution in [2.24, 2.45) is 0 Å². The third kappa shape index (κ3) is 2.72. The summed E-state index contributed by atoms with van der Waals surface area (Å²) in [5.74, 6) is 0. The molecule has 1 radical (unpaired) electrons. The number of alkyl halides is 3. The number of rotatable bonds is 2. The lowest BCUT2D eigenvalue weighted by molar-refractivity contribution is -0.141. The van der Waals surface area contributed by atoms with Crippen molar-refractivity contribution in [3.05, 3.63) is 71.4 Å². The highest BCUT2D eigenvalue weighted by Crippen LogP contribution is 2.34. The Balaban J connectivity index is 2.25. The van der Waals surface area contributed by atoms with E-state index in [0.717, 1.165) is 6.07 Å². The highest BCUT2D eigenvalue weighted by atomic mass is 35.5. The molecule has 22 heavy (non-hydrogen) atoms. The van der Waals surface area contributed by atoms with Gasteiger partial charge in [0.1, 0.15) is 0 Å². The van der Waals surface area contributed by atoms with E-state index in [2.05, 4.69) is 11.2 Å². The zero-order valence-electron chi connectivity index (χ0n) is 11.1. The maximum atomic E-state index is 13.0. The Hall–Kier alpha value is -2.27. The predicted molar refractivity (Wildman–Crippen MR) is 77.8 cm³/mol. The third-order valence-corrected chi connectivity index (χ3v) is 3.41. The Morgan fingerprint density at radius 2 is 1.73 bits per heavy atom. The first-order valence-corrected chi connectivity index (χ1v) is 6.73. The molecule has 0 atom stereocenters. The molecule has 0 fully saturated rings. The number of benzene rings is 2. The molecule has 0 saturated heterocycles. The zero-order chi connectivity index (χ0) is 15.7. The van der Waals surface area contributed by atoms with Crippen LogP contribution in [0.5, 0.6) is 0 Å². The summed E-state index contributed by atoms with van der Waals surface area (Å²) >= 11 is 6.09. The quantitative estimate of drug-likeness (QED) is 0.648. The summed E-state index contributed by atoms with van der Waals surface area (Å²) in [6.07, 6.45) is -4.53. The van der Waals surface area contributed by atoms with Gasteiger partial charge < -0.3 is 0 Å². The molecule has 1 aromatic heterocycles. The lowest BCUT2D eigenvalue weighted by Gasteiger charge is -2.09. The lowest BCUT2D eigenvalue weighted by Crippen LogP contribution is -2.07. The van der Waals surface area contributed by atoms with Gasteiger partial charge in [-0.25, -0.2) is 4.68 Å². The highest BCUT2D eigenvalue weighted by Gasteiger charge is 2.35. The van der Waals surface area contributed by atoms with Crippen molar-refractivity contribution in [2.75, 3.05) is 0 Å². The highest BCUT2D eigenvalue weighted by molar-refractivity contribution is 6.32. The van der Waals surface area contributed by atoms with Gasteiger partial charge in [-0.15, -0.1) is 0 Å². The van der Waals surface area contributed by atoms with Crippen LogP contribution in [0.3, 0.4) is 0 Å². The molecule has 0 bridgehead atoms. The van der Waals surface area contributed by atoms with Crippen LogP contribution in [0.25, 0.3) is 16.9 Å². The van der Waals surface area contributed by atoms with Crippen LogP contribution in [0.2, 0.25) is 5.02 Å². The van der Waals surface area contributed by atoms with Crippen LogP contribution in [0, 0.1) is 6.07 Å². The molecule has 2 nitrogen and oxygen atoms in total. The average molecular weight is 322 g/mol.